The monoisotopic (exact) mass is 289 g/mol. The van der Waals surface area contributed by atoms with E-state index in [1.54, 1.807) is 4.90 Å². The van der Waals surface area contributed by atoms with Gasteiger partial charge < -0.3 is 9.64 Å². The lowest BCUT2D eigenvalue weighted by molar-refractivity contribution is 0.0982. The van der Waals surface area contributed by atoms with Crippen molar-refractivity contribution in [3.63, 3.8) is 0 Å². The molecular formula is C14H12ClN3O2. The minimum atomic E-state index is -0.224. The Balaban J connectivity index is 1.99. The fourth-order valence-electron chi connectivity index (χ4n) is 2.12. The van der Waals surface area contributed by atoms with Gasteiger partial charge >= 0.3 is 0 Å². The number of amides is 1. The SMILES string of the molecule is O=C(c1cncc(Cl)n1)N1CCCOc2ccccc21. The maximum atomic E-state index is 12.6. The van der Waals surface area contributed by atoms with Crippen molar-refractivity contribution in [2.45, 2.75) is 6.42 Å². The Morgan fingerprint density at radius 3 is 3.00 bits per heavy atom. The van der Waals surface area contributed by atoms with E-state index in [-0.39, 0.29) is 16.8 Å². The summed E-state index contributed by atoms with van der Waals surface area (Å²) in [5, 5.41) is 0.204. The van der Waals surface area contributed by atoms with Crippen LogP contribution in [0.4, 0.5) is 5.69 Å². The molecule has 0 aliphatic carbocycles. The van der Waals surface area contributed by atoms with Crippen LogP contribution in [0.15, 0.2) is 36.7 Å². The predicted molar refractivity (Wildman–Crippen MR) is 75.3 cm³/mol. The molecule has 2 heterocycles. The molecule has 1 aromatic heterocycles. The summed E-state index contributed by atoms with van der Waals surface area (Å²) in [5.74, 6) is 0.478. The van der Waals surface area contributed by atoms with E-state index in [9.17, 15) is 4.79 Å². The van der Waals surface area contributed by atoms with Gasteiger partial charge in [0, 0.05) is 6.54 Å². The molecule has 1 aliphatic heterocycles. The third-order valence-corrected chi connectivity index (χ3v) is 3.19. The molecule has 20 heavy (non-hydrogen) atoms. The summed E-state index contributed by atoms with van der Waals surface area (Å²) in [7, 11) is 0. The van der Waals surface area contributed by atoms with Crippen LogP contribution in [0.3, 0.4) is 0 Å². The van der Waals surface area contributed by atoms with Crippen LogP contribution in [0.5, 0.6) is 5.75 Å². The summed E-state index contributed by atoms with van der Waals surface area (Å²) >= 11 is 5.79. The lowest BCUT2D eigenvalue weighted by Gasteiger charge is -2.21. The van der Waals surface area contributed by atoms with E-state index in [4.69, 9.17) is 16.3 Å². The number of ether oxygens (including phenoxy) is 1. The number of hydrogen-bond donors (Lipinski definition) is 0. The summed E-state index contributed by atoms with van der Waals surface area (Å²) in [4.78, 5) is 22.2. The van der Waals surface area contributed by atoms with Crippen molar-refractivity contribution in [3.05, 3.63) is 47.5 Å². The number of nitrogens with zero attached hydrogens (tertiary/aromatic N) is 3. The summed E-state index contributed by atoms with van der Waals surface area (Å²) < 4.78 is 5.63. The summed E-state index contributed by atoms with van der Waals surface area (Å²) in [6, 6.07) is 7.46. The van der Waals surface area contributed by atoms with Crippen LogP contribution in [0.25, 0.3) is 0 Å². The molecule has 0 N–H and O–H groups in total. The summed E-state index contributed by atoms with van der Waals surface area (Å²) in [5.41, 5.74) is 0.978. The van der Waals surface area contributed by atoms with Gasteiger partial charge in [-0.15, -0.1) is 0 Å². The lowest BCUT2D eigenvalue weighted by atomic mass is 10.2. The Bertz CT molecular complexity index is 648. The molecule has 0 atom stereocenters. The number of aromatic nitrogens is 2. The van der Waals surface area contributed by atoms with E-state index in [1.807, 2.05) is 24.3 Å². The molecule has 3 rings (SSSR count). The largest absolute Gasteiger partial charge is 0.491 e. The van der Waals surface area contributed by atoms with E-state index in [0.717, 1.165) is 12.1 Å². The molecule has 1 aromatic carbocycles. The Morgan fingerprint density at radius 1 is 1.30 bits per heavy atom. The molecule has 0 unspecified atom stereocenters. The first kappa shape index (κ1) is 12.9. The van der Waals surface area contributed by atoms with Crippen LogP contribution in [-0.4, -0.2) is 29.0 Å². The molecule has 5 nitrogen and oxygen atoms in total. The topological polar surface area (TPSA) is 55.3 Å². The number of carbonyl (C=O) groups is 1. The molecule has 6 heteroatoms. The molecule has 102 valence electrons. The molecule has 0 bridgehead atoms. The van der Waals surface area contributed by atoms with E-state index >= 15 is 0 Å². The smallest absolute Gasteiger partial charge is 0.278 e. The van der Waals surface area contributed by atoms with Crippen LogP contribution in [0, 0.1) is 0 Å². The third kappa shape index (κ3) is 2.44. The third-order valence-electron chi connectivity index (χ3n) is 3.01. The highest BCUT2D eigenvalue weighted by molar-refractivity contribution is 6.29. The Kier molecular flexibility index (Phi) is 3.52. The maximum Gasteiger partial charge on any atom is 0.278 e. The Hall–Kier alpha value is -2.14. The second-order valence-corrected chi connectivity index (χ2v) is 4.74. The molecular weight excluding hydrogens is 278 g/mol. The Labute approximate surface area is 121 Å². The van der Waals surface area contributed by atoms with Crippen LogP contribution < -0.4 is 9.64 Å². The van der Waals surface area contributed by atoms with Crippen molar-refractivity contribution in [2.24, 2.45) is 0 Å². The number of benzene rings is 1. The molecule has 1 aliphatic rings. The maximum absolute atomic E-state index is 12.6. The molecule has 0 radical (unpaired) electrons. The summed E-state index contributed by atoms with van der Waals surface area (Å²) in [6.07, 6.45) is 3.58. The molecule has 0 saturated carbocycles. The number of hydrogen-bond acceptors (Lipinski definition) is 4. The fraction of sp³-hybridized carbons (Fsp3) is 0.214. The van der Waals surface area contributed by atoms with Crippen molar-refractivity contribution in [2.75, 3.05) is 18.1 Å². The normalized spacial score (nSPS) is 14.2. The molecule has 1 amide bonds. The van der Waals surface area contributed by atoms with Crippen LogP contribution in [-0.2, 0) is 0 Å². The zero-order chi connectivity index (χ0) is 13.9. The second kappa shape index (κ2) is 5.46. The quantitative estimate of drug-likeness (QED) is 0.809. The van der Waals surface area contributed by atoms with Gasteiger partial charge in [-0.3, -0.25) is 9.78 Å². The van der Waals surface area contributed by atoms with Crippen LogP contribution >= 0.6 is 11.6 Å². The van der Waals surface area contributed by atoms with Crippen LogP contribution in [0.1, 0.15) is 16.9 Å². The van der Waals surface area contributed by atoms with Crippen molar-refractivity contribution in [1.82, 2.24) is 9.97 Å². The van der Waals surface area contributed by atoms with E-state index in [0.29, 0.717) is 18.9 Å². The number of para-hydroxylation sites is 2. The van der Waals surface area contributed by atoms with E-state index in [2.05, 4.69) is 9.97 Å². The van der Waals surface area contributed by atoms with Crippen LogP contribution in [0.2, 0.25) is 5.15 Å². The molecule has 0 spiro atoms. The van der Waals surface area contributed by atoms with Gasteiger partial charge in [-0.05, 0) is 18.6 Å². The highest BCUT2D eigenvalue weighted by Gasteiger charge is 2.24. The first-order valence-electron chi connectivity index (χ1n) is 6.27. The van der Waals surface area contributed by atoms with Crippen molar-refractivity contribution < 1.29 is 9.53 Å². The number of fused-ring (bicyclic) bond motifs is 1. The van der Waals surface area contributed by atoms with Gasteiger partial charge in [0.2, 0.25) is 0 Å². The highest BCUT2D eigenvalue weighted by atomic mass is 35.5. The average Bonchev–Trinajstić information content (AvgIpc) is 2.69. The first-order valence-corrected chi connectivity index (χ1v) is 6.65. The van der Waals surface area contributed by atoms with Gasteiger partial charge in [0.15, 0.2) is 0 Å². The molecule has 0 fully saturated rings. The number of anilines is 1. The first-order chi connectivity index (χ1) is 9.75. The number of halogens is 1. The highest BCUT2D eigenvalue weighted by Crippen LogP contribution is 2.31. The van der Waals surface area contributed by atoms with Crippen molar-refractivity contribution in [1.29, 1.82) is 0 Å². The van der Waals surface area contributed by atoms with E-state index in [1.165, 1.54) is 12.4 Å². The zero-order valence-electron chi connectivity index (χ0n) is 10.6. The van der Waals surface area contributed by atoms with Gasteiger partial charge in [-0.1, -0.05) is 23.7 Å². The van der Waals surface area contributed by atoms with E-state index < -0.39 is 0 Å². The minimum Gasteiger partial charge on any atom is -0.491 e. The van der Waals surface area contributed by atoms with Gasteiger partial charge in [-0.2, -0.15) is 0 Å². The number of carbonyl (C=O) groups excluding carboxylic acids is 1. The summed E-state index contributed by atoms with van der Waals surface area (Å²) in [6.45, 7) is 1.16. The van der Waals surface area contributed by atoms with Crippen molar-refractivity contribution in [3.8, 4) is 5.75 Å². The zero-order valence-corrected chi connectivity index (χ0v) is 11.4. The fourth-order valence-corrected chi connectivity index (χ4v) is 2.27. The standard InChI is InChI=1S/C14H12ClN3O2/c15-13-9-16-8-10(17-13)14(19)18-6-3-7-20-12-5-2-1-4-11(12)18/h1-2,4-5,8-9H,3,6-7H2. The second-order valence-electron chi connectivity index (χ2n) is 4.35. The van der Waals surface area contributed by atoms with Gasteiger partial charge in [0.1, 0.15) is 16.6 Å². The lowest BCUT2D eigenvalue weighted by Crippen LogP contribution is -2.32. The van der Waals surface area contributed by atoms with Gasteiger partial charge in [0.25, 0.3) is 5.91 Å². The van der Waals surface area contributed by atoms with Gasteiger partial charge in [-0.25, -0.2) is 4.98 Å². The number of rotatable bonds is 1. The van der Waals surface area contributed by atoms with Gasteiger partial charge in [0.05, 0.1) is 24.7 Å². The Morgan fingerprint density at radius 2 is 2.15 bits per heavy atom. The van der Waals surface area contributed by atoms with Crippen molar-refractivity contribution >= 4 is 23.2 Å². The average molecular weight is 290 g/mol. The molecule has 0 saturated heterocycles. The molecule has 2 aromatic rings. The predicted octanol–water partition coefficient (Wildman–Crippen LogP) is 2.56. The minimum absolute atomic E-state index is 0.204.